The van der Waals surface area contributed by atoms with Crippen LogP contribution in [0.4, 0.5) is 18.9 Å². The zero-order valence-corrected chi connectivity index (χ0v) is 11.6. The fraction of sp³-hybridized carbons (Fsp3) is 0.133. The van der Waals surface area contributed by atoms with Gasteiger partial charge < -0.3 is 5.73 Å². The van der Waals surface area contributed by atoms with E-state index in [0.29, 0.717) is 12.1 Å². The summed E-state index contributed by atoms with van der Waals surface area (Å²) in [6.45, 7) is 0. The molecule has 0 spiro atoms. The SMILES string of the molecule is Nc1ccc2nc(Cc3ccc(C(F)(F)F)cc3)sc2c1. The normalized spacial score (nSPS) is 12.0. The fourth-order valence-electron chi connectivity index (χ4n) is 2.05. The van der Waals surface area contributed by atoms with Crippen LogP contribution in [0.3, 0.4) is 0 Å². The van der Waals surface area contributed by atoms with E-state index in [0.717, 1.165) is 32.9 Å². The highest BCUT2D eigenvalue weighted by molar-refractivity contribution is 7.18. The van der Waals surface area contributed by atoms with Crippen LogP contribution < -0.4 is 5.73 Å². The highest BCUT2D eigenvalue weighted by atomic mass is 32.1. The molecule has 0 amide bonds. The number of thiazole rings is 1. The standard InChI is InChI=1S/C15H11F3N2S/c16-15(17,18)10-3-1-9(2-4-10)7-14-20-12-6-5-11(19)8-13(12)21-14/h1-6,8H,7,19H2. The molecule has 108 valence electrons. The molecular weight excluding hydrogens is 297 g/mol. The Morgan fingerprint density at radius 3 is 2.43 bits per heavy atom. The molecule has 0 aliphatic heterocycles. The van der Waals surface area contributed by atoms with E-state index in [-0.39, 0.29) is 0 Å². The van der Waals surface area contributed by atoms with Gasteiger partial charge in [0.2, 0.25) is 0 Å². The lowest BCUT2D eigenvalue weighted by atomic mass is 10.1. The Bertz CT molecular complexity index is 776. The predicted octanol–water partition coefficient (Wildman–Crippen LogP) is 4.49. The lowest BCUT2D eigenvalue weighted by Crippen LogP contribution is -2.04. The number of fused-ring (bicyclic) bond motifs is 1. The van der Waals surface area contributed by atoms with Gasteiger partial charge in [-0.15, -0.1) is 11.3 Å². The second-order valence-electron chi connectivity index (χ2n) is 4.71. The van der Waals surface area contributed by atoms with Crippen LogP contribution in [0.1, 0.15) is 16.1 Å². The first-order valence-electron chi connectivity index (χ1n) is 6.23. The van der Waals surface area contributed by atoms with Gasteiger partial charge in [-0.2, -0.15) is 13.2 Å². The van der Waals surface area contributed by atoms with E-state index in [2.05, 4.69) is 4.98 Å². The molecule has 2 N–H and O–H groups in total. The highest BCUT2D eigenvalue weighted by Crippen LogP contribution is 2.30. The number of benzene rings is 2. The van der Waals surface area contributed by atoms with Crippen molar-refractivity contribution in [2.24, 2.45) is 0 Å². The third kappa shape index (κ3) is 3.00. The van der Waals surface area contributed by atoms with Gasteiger partial charge in [0.15, 0.2) is 0 Å². The van der Waals surface area contributed by atoms with Crippen molar-refractivity contribution in [1.29, 1.82) is 0 Å². The summed E-state index contributed by atoms with van der Waals surface area (Å²) in [7, 11) is 0. The van der Waals surface area contributed by atoms with Gasteiger partial charge in [-0.1, -0.05) is 12.1 Å². The van der Waals surface area contributed by atoms with Crippen LogP contribution in [0.5, 0.6) is 0 Å². The highest BCUT2D eigenvalue weighted by Gasteiger charge is 2.29. The van der Waals surface area contributed by atoms with Crippen LogP contribution in [0.2, 0.25) is 0 Å². The zero-order chi connectivity index (χ0) is 15.0. The van der Waals surface area contributed by atoms with Crippen molar-refractivity contribution in [3.05, 3.63) is 58.6 Å². The molecule has 0 unspecified atom stereocenters. The van der Waals surface area contributed by atoms with Gasteiger partial charge in [-0.3, -0.25) is 0 Å². The van der Waals surface area contributed by atoms with Gasteiger partial charge in [-0.05, 0) is 35.9 Å². The maximum Gasteiger partial charge on any atom is 0.416 e. The number of anilines is 1. The van der Waals surface area contributed by atoms with Gasteiger partial charge in [0.05, 0.1) is 20.8 Å². The molecule has 6 heteroatoms. The van der Waals surface area contributed by atoms with Crippen LogP contribution in [0.15, 0.2) is 42.5 Å². The first kappa shape index (κ1) is 13.9. The third-order valence-corrected chi connectivity index (χ3v) is 4.11. The quantitative estimate of drug-likeness (QED) is 0.709. The molecule has 0 saturated carbocycles. The average molecular weight is 308 g/mol. The van der Waals surface area contributed by atoms with E-state index in [1.165, 1.54) is 23.5 Å². The monoisotopic (exact) mass is 308 g/mol. The van der Waals surface area contributed by atoms with E-state index >= 15 is 0 Å². The van der Waals surface area contributed by atoms with Crippen LogP contribution in [0, 0.1) is 0 Å². The summed E-state index contributed by atoms with van der Waals surface area (Å²) in [4.78, 5) is 4.46. The van der Waals surface area contributed by atoms with E-state index < -0.39 is 11.7 Å². The molecule has 1 aromatic heterocycles. The largest absolute Gasteiger partial charge is 0.416 e. The van der Waals surface area contributed by atoms with Crippen molar-refractivity contribution in [2.75, 3.05) is 5.73 Å². The Balaban J connectivity index is 1.84. The number of nitrogens with two attached hydrogens (primary N) is 1. The number of alkyl halides is 3. The van der Waals surface area contributed by atoms with Gasteiger partial charge in [0, 0.05) is 12.1 Å². The molecule has 0 aliphatic carbocycles. The van der Waals surface area contributed by atoms with Crippen molar-refractivity contribution in [3.8, 4) is 0 Å². The molecular formula is C15H11F3N2S. The summed E-state index contributed by atoms with van der Waals surface area (Å²) in [5.74, 6) is 0. The van der Waals surface area contributed by atoms with Crippen molar-refractivity contribution in [2.45, 2.75) is 12.6 Å². The van der Waals surface area contributed by atoms with Gasteiger partial charge in [0.25, 0.3) is 0 Å². The minimum absolute atomic E-state index is 0.511. The molecule has 3 aromatic rings. The van der Waals surface area contributed by atoms with E-state index in [9.17, 15) is 13.2 Å². The summed E-state index contributed by atoms with van der Waals surface area (Å²) >= 11 is 1.50. The van der Waals surface area contributed by atoms with Crippen molar-refractivity contribution < 1.29 is 13.2 Å². The molecule has 0 fully saturated rings. The molecule has 0 bridgehead atoms. The number of nitrogens with zero attached hydrogens (tertiary/aromatic N) is 1. The molecule has 2 aromatic carbocycles. The summed E-state index contributed by atoms with van der Waals surface area (Å²) in [5.41, 5.74) is 7.41. The van der Waals surface area contributed by atoms with Crippen molar-refractivity contribution >= 4 is 27.2 Å². The summed E-state index contributed by atoms with van der Waals surface area (Å²) in [6.07, 6.45) is -3.79. The maximum atomic E-state index is 12.5. The van der Waals surface area contributed by atoms with Gasteiger partial charge in [0.1, 0.15) is 0 Å². The lowest BCUT2D eigenvalue weighted by molar-refractivity contribution is -0.137. The minimum Gasteiger partial charge on any atom is -0.399 e. The second-order valence-corrected chi connectivity index (χ2v) is 5.82. The molecule has 3 rings (SSSR count). The predicted molar refractivity (Wildman–Crippen MR) is 78.3 cm³/mol. The average Bonchev–Trinajstić information content (AvgIpc) is 2.79. The van der Waals surface area contributed by atoms with Crippen LogP contribution in [-0.4, -0.2) is 4.98 Å². The molecule has 0 atom stereocenters. The van der Waals surface area contributed by atoms with Crippen LogP contribution in [0.25, 0.3) is 10.2 Å². The summed E-state index contributed by atoms with van der Waals surface area (Å²) in [6, 6.07) is 10.7. The Morgan fingerprint density at radius 1 is 1.05 bits per heavy atom. The molecule has 0 radical (unpaired) electrons. The van der Waals surface area contributed by atoms with Gasteiger partial charge >= 0.3 is 6.18 Å². The van der Waals surface area contributed by atoms with E-state index in [4.69, 9.17) is 5.73 Å². The fourth-order valence-corrected chi connectivity index (χ4v) is 3.10. The van der Waals surface area contributed by atoms with Gasteiger partial charge in [-0.25, -0.2) is 4.98 Å². The number of halogens is 3. The smallest absolute Gasteiger partial charge is 0.399 e. The Kier molecular flexibility index (Phi) is 3.33. The Labute approximate surface area is 123 Å². The number of aromatic nitrogens is 1. The lowest BCUT2D eigenvalue weighted by Gasteiger charge is -2.06. The topological polar surface area (TPSA) is 38.9 Å². The molecule has 0 aliphatic rings. The Hall–Kier alpha value is -2.08. The first-order chi connectivity index (χ1) is 9.91. The van der Waals surface area contributed by atoms with Crippen molar-refractivity contribution in [1.82, 2.24) is 4.98 Å². The third-order valence-electron chi connectivity index (χ3n) is 3.09. The van der Waals surface area contributed by atoms with Crippen LogP contribution in [-0.2, 0) is 12.6 Å². The summed E-state index contributed by atoms with van der Waals surface area (Å²) < 4.78 is 38.5. The first-order valence-corrected chi connectivity index (χ1v) is 7.04. The van der Waals surface area contributed by atoms with Crippen LogP contribution >= 0.6 is 11.3 Å². The Morgan fingerprint density at radius 2 is 1.76 bits per heavy atom. The molecule has 21 heavy (non-hydrogen) atoms. The molecule has 2 nitrogen and oxygen atoms in total. The number of hydrogen-bond acceptors (Lipinski definition) is 3. The number of rotatable bonds is 2. The van der Waals surface area contributed by atoms with Crippen molar-refractivity contribution in [3.63, 3.8) is 0 Å². The minimum atomic E-state index is -4.30. The van der Waals surface area contributed by atoms with E-state index in [1.54, 1.807) is 6.07 Å². The zero-order valence-electron chi connectivity index (χ0n) is 10.8. The number of nitrogen functional groups attached to an aromatic ring is 1. The number of hydrogen-bond donors (Lipinski definition) is 1. The van der Waals surface area contributed by atoms with E-state index in [1.807, 2.05) is 12.1 Å². The molecule has 1 heterocycles. The maximum absolute atomic E-state index is 12.5. The second kappa shape index (κ2) is 5.04. The molecule has 0 saturated heterocycles. The summed E-state index contributed by atoms with van der Waals surface area (Å²) in [5, 5.41) is 0.857.